The Kier molecular flexibility index (Phi) is 4.64. The Hall–Kier alpha value is -2.28. The highest BCUT2D eigenvalue weighted by Crippen LogP contribution is 2.27. The highest BCUT2D eigenvalue weighted by molar-refractivity contribution is 6.28. The van der Waals surface area contributed by atoms with Crippen LogP contribution in [0.4, 0.5) is 17.6 Å². The van der Waals surface area contributed by atoms with Crippen LogP contribution < -0.4 is 19.7 Å². The minimum absolute atomic E-state index is 0.117. The van der Waals surface area contributed by atoms with Crippen LogP contribution in [0.25, 0.3) is 0 Å². The number of aromatic nitrogens is 3. The third kappa shape index (κ3) is 3.85. The van der Waals surface area contributed by atoms with Crippen LogP contribution in [-0.4, -0.2) is 43.3 Å². The van der Waals surface area contributed by atoms with Crippen LogP contribution in [0.5, 0.6) is 11.5 Å². The van der Waals surface area contributed by atoms with Gasteiger partial charge in [-0.3, -0.25) is 0 Å². The molecule has 112 valence electrons. The van der Waals surface area contributed by atoms with Gasteiger partial charge in [0.25, 0.3) is 0 Å². The van der Waals surface area contributed by atoms with Crippen molar-refractivity contribution in [3.05, 3.63) is 23.5 Å². The van der Waals surface area contributed by atoms with Crippen molar-refractivity contribution in [1.82, 2.24) is 15.0 Å². The van der Waals surface area contributed by atoms with Crippen LogP contribution in [0, 0.1) is 0 Å². The van der Waals surface area contributed by atoms with E-state index < -0.39 is 0 Å². The lowest BCUT2D eigenvalue weighted by Crippen LogP contribution is -2.14. The van der Waals surface area contributed by atoms with Gasteiger partial charge in [-0.1, -0.05) is 0 Å². The number of methoxy groups -OCH3 is 2. The molecule has 1 aromatic carbocycles. The van der Waals surface area contributed by atoms with Gasteiger partial charge in [0.05, 0.1) is 14.2 Å². The molecule has 21 heavy (non-hydrogen) atoms. The van der Waals surface area contributed by atoms with Crippen molar-refractivity contribution in [2.75, 3.05) is 38.5 Å². The Balaban J connectivity index is 2.33. The maximum absolute atomic E-state index is 5.90. The van der Waals surface area contributed by atoms with Crippen molar-refractivity contribution < 1.29 is 9.47 Å². The summed E-state index contributed by atoms with van der Waals surface area (Å²) in [5, 5.41) is 3.17. The second kappa shape index (κ2) is 6.45. The second-order valence-electron chi connectivity index (χ2n) is 4.35. The molecule has 0 fully saturated rings. The SMILES string of the molecule is COc1cc(Nc2nc(Cl)nc(N(C)C)n2)cc(OC)c1. The molecule has 0 atom stereocenters. The van der Waals surface area contributed by atoms with Gasteiger partial charge in [-0.25, -0.2) is 0 Å². The van der Waals surface area contributed by atoms with Gasteiger partial charge in [0.1, 0.15) is 11.5 Å². The van der Waals surface area contributed by atoms with Gasteiger partial charge in [-0.15, -0.1) is 0 Å². The number of anilines is 3. The predicted molar refractivity (Wildman–Crippen MR) is 82.0 cm³/mol. The summed E-state index contributed by atoms with van der Waals surface area (Å²) in [6, 6.07) is 5.38. The molecule has 7 nitrogen and oxygen atoms in total. The molecule has 0 aliphatic heterocycles. The molecule has 0 radical (unpaired) electrons. The zero-order valence-electron chi connectivity index (χ0n) is 12.2. The fourth-order valence-electron chi connectivity index (χ4n) is 1.60. The van der Waals surface area contributed by atoms with E-state index in [1.807, 2.05) is 14.1 Å². The molecule has 0 spiro atoms. The second-order valence-corrected chi connectivity index (χ2v) is 4.69. The Morgan fingerprint density at radius 2 is 1.62 bits per heavy atom. The summed E-state index contributed by atoms with van der Waals surface area (Å²) < 4.78 is 10.4. The average molecular weight is 310 g/mol. The van der Waals surface area contributed by atoms with E-state index in [9.17, 15) is 0 Å². The van der Waals surface area contributed by atoms with Gasteiger partial charge in [0.2, 0.25) is 17.2 Å². The molecule has 0 saturated carbocycles. The van der Waals surface area contributed by atoms with Crippen LogP contribution >= 0.6 is 11.6 Å². The fourth-order valence-corrected chi connectivity index (χ4v) is 1.76. The van der Waals surface area contributed by atoms with Crippen LogP contribution in [-0.2, 0) is 0 Å². The first-order valence-corrected chi connectivity index (χ1v) is 6.48. The molecule has 2 aromatic rings. The standard InChI is InChI=1S/C13H16ClN5O2/c1-19(2)13-17-11(14)16-12(18-13)15-8-5-9(20-3)7-10(6-8)21-4/h5-7H,1-4H3,(H,15,16,17,18). The molecule has 0 saturated heterocycles. The summed E-state index contributed by atoms with van der Waals surface area (Å²) in [6.07, 6.45) is 0. The number of hydrogen-bond acceptors (Lipinski definition) is 7. The zero-order valence-corrected chi connectivity index (χ0v) is 13.0. The van der Waals surface area contributed by atoms with Gasteiger partial charge in [-0.2, -0.15) is 15.0 Å². The topological polar surface area (TPSA) is 72.4 Å². The van der Waals surface area contributed by atoms with E-state index in [4.69, 9.17) is 21.1 Å². The van der Waals surface area contributed by atoms with E-state index in [0.29, 0.717) is 23.4 Å². The third-order valence-electron chi connectivity index (χ3n) is 2.60. The monoisotopic (exact) mass is 309 g/mol. The predicted octanol–water partition coefficient (Wildman–Crippen LogP) is 2.35. The molecular formula is C13H16ClN5O2. The zero-order chi connectivity index (χ0) is 15.4. The van der Waals surface area contributed by atoms with Crippen LogP contribution in [0.3, 0.4) is 0 Å². The number of halogens is 1. The summed E-state index contributed by atoms with van der Waals surface area (Å²) in [6.45, 7) is 0. The van der Waals surface area contributed by atoms with E-state index in [0.717, 1.165) is 5.69 Å². The molecule has 0 aliphatic rings. The molecule has 0 aliphatic carbocycles. The van der Waals surface area contributed by atoms with Crippen LogP contribution in [0.1, 0.15) is 0 Å². The van der Waals surface area contributed by atoms with Gasteiger partial charge in [-0.05, 0) is 11.6 Å². The lowest BCUT2D eigenvalue weighted by Gasteiger charge is -2.13. The minimum Gasteiger partial charge on any atom is -0.497 e. The van der Waals surface area contributed by atoms with E-state index in [1.165, 1.54) is 0 Å². The summed E-state index contributed by atoms with van der Waals surface area (Å²) in [5.41, 5.74) is 0.721. The average Bonchev–Trinajstić information content (AvgIpc) is 2.46. The largest absolute Gasteiger partial charge is 0.497 e. The van der Waals surface area contributed by atoms with Gasteiger partial charge in [0, 0.05) is 38.0 Å². The summed E-state index contributed by atoms with van der Waals surface area (Å²) in [5.74, 6) is 2.12. The Morgan fingerprint density at radius 3 is 2.14 bits per heavy atom. The Labute approximate surface area is 127 Å². The fraction of sp³-hybridized carbons (Fsp3) is 0.308. The van der Waals surface area contributed by atoms with Crippen molar-refractivity contribution >= 4 is 29.2 Å². The highest BCUT2D eigenvalue weighted by atomic mass is 35.5. The smallest absolute Gasteiger partial charge is 0.233 e. The molecular weight excluding hydrogens is 294 g/mol. The van der Waals surface area contributed by atoms with Crippen molar-refractivity contribution in [2.24, 2.45) is 0 Å². The first-order valence-electron chi connectivity index (χ1n) is 6.11. The van der Waals surface area contributed by atoms with E-state index in [1.54, 1.807) is 37.3 Å². The molecule has 2 rings (SSSR count). The molecule has 0 amide bonds. The van der Waals surface area contributed by atoms with E-state index >= 15 is 0 Å². The quantitative estimate of drug-likeness (QED) is 0.908. The molecule has 8 heteroatoms. The molecule has 1 aromatic heterocycles. The Bertz CT molecular complexity index is 614. The summed E-state index contributed by atoms with van der Waals surface area (Å²) >= 11 is 5.90. The minimum atomic E-state index is 0.117. The number of ether oxygens (including phenoxy) is 2. The first kappa shape index (κ1) is 15.1. The molecule has 1 N–H and O–H groups in total. The Morgan fingerprint density at radius 1 is 1.00 bits per heavy atom. The summed E-state index contributed by atoms with van der Waals surface area (Å²) in [4.78, 5) is 14.1. The number of rotatable bonds is 5. The number of hydrogen-bond donors (Lipinski definition) is 1. The van der Waals surface area contributed by atoms with Crippen molar-refractivity contribution in [3.63, 3.8) is 0 Å². The number of nitrogens with one attached hydrogen (secondary N) is 1. The van der Waals surface area contributed by atoms with Crippen LogP contribution in [0.15, 0.2) is 18.2 Å². The lowest BCUT2D eigenvalue weighted by atomic mass is 10.3. The normalized spacial score (nSPS) is 10.1. The molecule has 0 unspecified atom stereocenters. The summed E-state index contributed by atoms with van der Waals surface area (Å²) in [7, 11) is 6.82. The van der Waals surface area contributed by atoms with Gasteiger partial charge < -0.3 is 19.7 Å². The van der Waals surface area contributed by atoms with Gasteiger partial charge in [0.15, 0.2) is 0 Å². The highest BCUT2D eigenvalue weighted by Gasteiger charge is 2.08. The third-order valence-corrected chi connectivity index (χ3v) is 2.77. The van der Waals surface area contributed by atoms with E-state index in [2.05, 4.69) is 20.3 Å². The molecule has 1 heterocycles. The van der Waals surface area contributed by atoms with Crippen LogP contribution in [0.2, 0.25) is 5.28 Å². The van der Waals surface area contributed by atoms with Crippen molar-refractivity contribution in [2.45, 2.75) is 0 Å². The number of benzene rings is 1. The van der Waals surface area contributed by atoms with Crippen molar-refractivity contribution in [1.29, 1.82) is 0 Å². The maximum Gasteiger partial charge on any atom is 0.233 e. The lowest BCUT2D eigenvalue weighted by molar-refractivity contribution is 0.395. The first-order chi connectivity index (χ1) is 10.0. The maximum atomic E-state index is 5.90. The number of nitrogens with zero attached hydrogens (tertiary/aromatic N) is 4. The van der Waals surface area contributed by atoms with Crippen molar-refractivity contribution in [3.8, 4) is 11.5 Å². The van der Waals surface area contributed by atoms with Gasteiger partial charge >= 0.3 is 0 Å². The molecule has 0 bridgehead atoms. The van der Waals surface area contributed by atoms with E-state index in [-0.39, 0.29) is 5.28 Å².